The molecule has 5 N–H and O–H groups in total. The van der Waals surface area contributed by atoms with Crippen LogP contribution in [0.5, 0.6) is 0 Å². The number of nitrogens with one attached hydrogen (secondary N) is 2. The number of hydrogen-bond acceptors (Lipinski definition) is 7. The van der Waals surface area contributed by atoms with Gasteiger partial charge in [-0.25, -0.2) is 27.9 Å². The normalized spacial score (nSPS) is 13.0. The number of likely N-dealkylation sites (N-methyl/N-ethyl adjacent to an activating group) is 1. The van der Waals surface area contributed by atoms with E-state index in [4.69, 9.17) is 14.5 Å². The summed E-state index contributed by atoms with van der Waals surface area (Å²) in [5.74, 6) is -2.00. The standard InChI is InChI=1S/C24H27F2N4O8P/c1-30(23(32)28-12-17-7-4-8-20(25)22(17)26)18(10-19(31)14-38-39(34,35)36)13-37-24(33)29-21-9-15-5-2-3-6-16(15)11-27-21/h2-9,11,18-19,31H,10,12-14H2,1H3,(H,28,32)(H,27,29,33)(H2,34,35,36). The maximum Gasteiger partial charge on any atom is 0.469 e. The number of hydrogen-bond donors (Lipinski definition) is 5. The molecule has 2 aromatic carbocycles. The predicted octanol–water partition coefficient (Wildman–Crippen LogP) is 3.13. The zero-order valence-corrected chi connectivity index (χ0v) is 21.6. The lowest BCUT2D eigenvalue weighted by Gasteiger charge is -2.29. The summed E-state index contributed by atoms with van der Waals surface area (Å²) < 4.78 is 47.8. The quantitative estimate of drug-likeness (QED) is 0.218. The van der Waals surface area contributed by atoms with Crippen molar-refractivity contribution in [2.24, 2.45) is 0 Å². The molecular formula is C24H27F2N4O8P. The molecular weight excluding hydrogens is 541 g/mol. The maximum absolute atomic E-state index is 13.9. The predicted molar refractivity (Wildman–Crippen MR) is 135 cm³/mol. The van der Waals surface area contributed by atoms with Crippen LogP contribution in [0.25, 0.3) is 10.8 Å². The summed E-state index contributed by atoms with van der Waals surface area (Å²) in [6, 6.07) is 10.6. The van der Waals surface area contributed by atoms with Gasteiger partial charge in [-0.3, -0.25) is 9.84 Å². The zero-order chi connectivity index (χ0) is 28.6. The number of phosphoric acid groups is 1. The number of pyridine rings is 1. The molecule has 15 heteroatoms. The number of rotatable bonds is 11. The highest BCUT2D eigenvalue weighted by atomic mass is 31.2. The second-order valence-corrected chi connectivity index (χ2v) is 9.69. The smallest absolute Gasteiger partial charge is 0.447 e. The van der Waals surface area contributed by atoms with Crippen molar-refractivity contribution < 1.29 is 47.1 Å². The van der Waals surface area contributed by atoms with Crippen LogP contribution in [0.3, 0.4) is 0 Å². The van der Waals surface area contributed by atoms with Gasteiger partial charge in [0.2, 0.25) is 0 Å². The first-order chi connectivity index (χ1) is 18.4. The van der Waals surface area contributed by atoms with Crippen molar-refractivity contribution in [1.29, 1.82) is 0 Å². The molecule has 0 spiro atoms. The number of benzene rings is 2. The van der Waals surface area contributed by atoms with Gasteiger partial charge in [0.15, 0.2) is 11.6 Å². The van der Waals surface area contributed by atoms with Crippen LogP contribution in [-0.2, 0) is 20.4 Å². The maximum atomic E-state index is 13.9. The second kappa shape index (κ2) is 13.4. The minimum Gasteiger partial charge on any atom is -0.447 e. The van der Waals surface area contributed by atoms with Gasteiger partial charge in [0.1, 0.15) is 12.4 Å². The van der Waals surface area contributed by atoms with Gasteiger partial charge in [-0.1, -0.05) is 36.4 Å². The van der Waals surface area contributed by atoms with Crippen molar-refractivity contribution >= 4 is 36.5 Å². The molecule has 0 aliphatic heterocycles. The van der Waals surface area contributed by atoms with Crippen LogP contribution in [0.4, 0.5) is 24.2 Å². The lowest BCUT2D eigenvalue weighted by atomic mass is 10.1. The number of ether oxygens (including phenoxy) is 1. The molecule has 1 aromatic heterocycles. The Bertz CT molecular complexity index is 1360. The molecule has 2 atom stereocenters. The molecule has 0 saturated heterocycles. The molecule has 0 aliphatic rings. The van der Waals surface area contributed by atoms with Crippen molar-refractivity contribution in [3.63, 3.8) is 0 Å². The Morgan fingerprint density at radius 3 is 2.54 bits per heavy atom. The van der Waals surface area contributed by atoms with E-state index in [0.29, 0.717) is 0 Å². The van der Waals surface area contributed by atoms with Gasteiger partial charge in [-0.05, 0) is 23.9 Å². The van der Waals surface area contributed by atoms with Crippen LogP contribution >= 0.6 is 7.82 Å². The summed E-state index contributed by atoms with van der Waals surface area (Å²) >= 11 is 0. The van der Waals surface area contributed by atoms with E-state index in [2.05, 4.69) is 20.1 Å². The van der Waals surface area contributed by atoms with Gasteiger partial charge in [0.25, 0.3) is 0 Å². The minimum atomic E-state index is -4.87. The zero-order valence-electron chi connectivity index (χ0n) is 20.7. The molecule has 2 unspecified atom stereocenters. The summed E-state index contributed by atoms with van der Waals surface area (Å²) in [6.07, 6.45) is -1.14. The summed E-state index contributed by atoms with van der Waals surface area (Å²) in [7, 11) is -3.57. The Balaban J connectivity index is 1.64. The van der Waals surface area contributed by atoms with Crippen LogP contribution in [0.15, 0.2) is 54.7 Å². The largest absolute Gasteiger partial charge is 0.469 e. The summed E-state index contributed by atoms with van der Waals surface area (Å²) in [6.45, 7) is -1.58. The molecule has 3 aromatic rings. The lowest BCUT2D eigenvalue weighted by Crippen LogP contribution is -2.47. The SMILES string of the molecule is CN(C(=O)NCc1cccc(F)c1F)C(COC(=O)Nc1cc2ccccc2cn1)CC(O)COP(=O)(O)O. The van der Waals surface area contributed by atoms with E-state index in [1.807, 2.05) is 24.3 Å². The van der Waals surface area contributed by atoms with Crippen LogP contribution < -0.4 is 10.6 Å². The third kappa shape index (κ3) is 9.23. The van der Waals surface area contributed by atoms with E-state index in [-0.39, 0.29) is 24.3 Å². The Kier molecular flexibility index (Phi) is 10.3. The Hall–Kier alpha value is -3.68. The van der Waals surface area contributed by atoms with Gasteiger partial charge in [-0.2, -0.15) is 0 Å². The number of aliphatic hydroxyl groups excluding tert-OH is 1. The van der Waals surface area contributed by atoms with Crippen molar-refractivity contribution in [2.75, 3.05) is 25.6 Å². The highest BCUT2D eigenvalue weighted by Gasteiger charge is 2.27. The van der Waals surface area contributed by atoms with E-state index < -0.39 is 56.9 Å². The number of carbonyl (C=O) groups excluding carboxylic acids is 2. The van der Waals surface area contributed by atoms with E-state index in [9.17, 15) is 28.0 Å². The first kappa shape index (κ1) is 29.9. The monoisotopic (exact) mass is 568 g/mol. The molecule has 3 amide bonds. The van der Waals surface area contributed by atoms with Crippen molar-refractivity contribution in [1.82, 2.24) is 15.2 Å². The molecule has 3 rings (SSSR count). The number of halogens is 2. The van der Waals surface area contributed by atoms with Crippen LogP contribution in [0, 0.1) is 11.6 Å². The number of urea groups is 1. The topological polar surface area (TPSA) is 171 Å². The number of amides is 3. The third-order valence-electron chi connectivity index (χ3n) is 5.58. The Morgan fingerprint density at radius 1 is 1.10 bits per heavy atom. The molecule has 0 aliphatic carbocycles. The van der Waals surface area contributed by atoms with E-state index in [1.165, 1.54) is 19.2 Å². The first-order valence-electron chi connectivity index (χ1n) is 11.5. The number of phosphoric ester groups is 1. The molecule has 1 heterocycles. The lowest BCUT2D eigenvalue weighted by molar-refractivity contribution is 0.0452. The third-order valence-corrected chi connectivity index (χ3v) is 6.06. The van der Waals surface area contributed by atoms with Crippen molar-refractivity contribution in [3.05, 3.63) is 71.9 Å². The van der Waals surface area contributed by atoms with Crippen molar-refractivity contribution in [2.45, 2.75) is 25.1 Å². The second-order valence-electron chi connectivity index (χ2n) is 8.45. The molecule has 39 heavy (non-hydrogen) atoms. The van der Waals surface area contributed by atoms with Gasteiger partial charge in [0, 0.05) is 30.7 Å². The summed E-state index contributed by atoms with van der Waals surface area (Å²) in [4.78, 5) is 48.0. The molecule has 0 fully saturated rings. The van der Waals surface area contributed by atoms with Gasteiger partial charge >= 0.3 is 19.9 Å². The van der Waals surface area contributed by atoms with E-state index >= 15 is 0 Å². The number of carbonyl (C=O) groups is 2. The molecule has 0 saturated carbocycles. The Morgan fingerprint density at radius 2 is 1.82 bits per heavy atom. The van der Waals surface area contributed by atoms with E-state index in [0.717, 1.165) is 21.7 Å². The summed E-state index contributed by atoms with van der Waals surface area (Å²) in [5.41, 5.74) is -0.109. The number of fused-ring (bicyclic) bond motifs is 1. The average molecular weight is 568 g/mol. The molecule has 210 valence electrons. The fraction of sp³-hybridized carbons (Fsp3) is 0.292. The van der Waals surface area contributed by atoms with Gasteiger partial charge in [-0.15, -0.1) is 0 Å². The Labute approximate surface area is 221 Å². The average Bonchev–Trinajstić information content (AvgIpc) is 2.89. The van der Waals surface area contributed by atoms with Crippen LogP contribution in [0.1, 0.15) is 12.0 Å². The van der Waals surface area contributed by atoms with Gasteiger partial charge in [0.05, 0.1) is 18.8 Å². The number of aliphatic hydroxyl groups is 1. The highest BCUT2D eigenvalue weighted by molar-refractivity contribution is 7.46. The molecule has 12 nitrogen and oxygen atoms in total. The fourth-order valence-electron chi connectivity index (χ4n) is 3.51. The number of nitrogens with zero attached hydrogens (tertiary/aromatic N) is 2. The number of anilines is 1. The van der Waals surface area contributed by atoms with Crippen LogP contribution in [0.2, 0.25) is 0 Å². The van der Waals surface area contributed by atoms with Crippen LogP contribution in [-0.4, -0.2) is 69.3 Å². The highest BCUT2D eigenvalue weighted by Crippen LogP contribution is 2.35. The fourth-order valence-corrected chi connectivity index (χ4v) is 3.88. The van der Waals surface area contributed by atoms with E-state index in [1.54, 1.807) is 12.3 Å². The molecule has 0 bridgehead atoms. The number of aromatic nitrogens is 1. The van der Waals surface area contributed by atoms with Gasteiger partial charge < -0.3 is 29.8 Å². The molecule has 0 radical (unpaired) electrons. The first-order valence-corrected chi connectivity index (χ1v) is 13.1. The minimum absolute atomic E-state index is 0.109. The summed E-state index contributed by atoms with van der Waals surface area (Å²) in [5, 5.41) is 16.7. The van der Waals surface area contributed by atoms with Crippen molar-refractivity contribution in [3.8, 4) is 0 Å².